The van der Waals surface area contributed by atoms with Crippen LogP contribution < -0.4 is 16.0 Å². The highest BCUT2D eigenvalue weighted by Crippen LogP contribution is 2.25. The van der Waals surface area contributed by atoms with Crippen LogP contribution in [0.25, 0.3) is 0 Å². The maximum Gasteiger partial charge on any atom is 0.191 e. The van der Waals surface area contributed by atoms with Crippen LogP contribution in [0.2, 0.25) is 0 Å². The van der Waals surface area contributed by atoms with Crippen LogP contribution in [0.1, 0.15) is 58.6 Å². The Kier molecular flexibility index (Phi) is 13.6. The summed E-state index contributed by atoms with van der Waals surface area (Å²) in [6.07, 6.45) is 3.20. The highest BCUT2D eigenvalue weighted by Gasteiger charge is 2.34. The first-order chi connectivity index (χ1) is 14.5. The monoisotopic (exact) mass is 546 g/mol. The quantitative estimate of drug-likeness (QED) is 0.222. The number of ether oxygens (including phenoxy) is 2. The molecule has 2 atom stereocenters. The van der Waals surface area contributed by atoms with E-state index >= 15 is 0 Å². The van der Waals surface area contributed by atoms with Crippen molar-refractivity contribution in [2.45, 2.75) is 64.6 Å². The summed E-state index contributed by atoms with van der Waals surface area (Å²) < 4.78 is 11.5. The van der Waals surface area contributed by atoms with Crippen LogP contribution in [0.5, 0.6) is 0 Å². The molecule has 0 saturated carbocycles. The van der Waals surface area contributed by atoms with Crippen LogP contribution in [-0.2, 0) is 9.47 Å². The Labute approximate surface area is 206 Å². The van der Waals surface area contributed by atoms with Gasteiger partial charge in [-0.05, 0) is 44.6 Å². The van der Waals surface area contributed by atoms with Crippen LogP contribution in [-0.4, -0.2) is 57.6 Å². The van der Waals surface area contributed by atoms with Crippen molar-refractivity contribution in [3.05, 3.63) is 35.9 Å². The molecule has 1 fully saturated rings. The first-order valence-electron chi connectivity index (χ1n) is 11.5. The van der Waals surface area contributed by atoms with Crippen molar-refractivity contribution in [3.63, 3.8) is 0 Å². The number of hydrogen-bond acceptors (Lipinski definition) is 4. The molecule has 0 radical (unpaired) electrons. The van der Waals surface area contributed by atoms with Crippen LogP contribution in [0, 0.1) is 5.92 Å². The fraction of sp³-hybridized carbons (Fsp3) is 0.708. The molecular weight excluding hydrogens is 503 g/mol. The summed E-state index contributed by atoms with van der Waals surface area (Å²) in [4.78, 5) is 4.42. The second kappa shape index (κ2) is 15.0. The average molecular weight is 547 g/mol. The second-order valence-corrected chi connectivity index (χ2v) is 8.55. The van der Waals surface area contributed by atoms with Gasteiger partial charge in [-0.15, -0.1) is 24.0 Å². The molecule has 7 heteroatoms. The van der Waals surface area contributed by atoms with Crippen LogP contribution in [0.3, 0.4) is 0 Å². The van der Waals surface area contributed by atoms with Gasteiger partial charge in [-0.2, -0.15) is 0 Å². The third-order valence-electron chi connectivity index (χ3n) is 5.94. The Hall–Kier alpha value is -0.900. The predicted molar refractivity (Wildman–Crippen MR) is 140 cm³/mol. The number of halogens is 1. The van der Waals surface area contributed by atoms with E-state index in [4.69, 9.17) is 9.47 Å². The molecule has 0 aromatic heterocycles. The molecule has 0 amide bonds. The van der Waals surface area contributed by atoms with Gasteiger partial charge in [0.2, 0.25) is 0 Å². The van der Waals surface area contributed by atoms with Gasteiger partial charge >= 0.3 is 0 Å². The van der Waals surface area contributed by atoms with Gasteiger partial charge in [-0.1, -0.05) is 44.2 Å². The molecule has 1 heterocycles. The van der Waals surface area contributed by atoms with E-state index < -0.39 is 0 Å². The molecular formula is C24H43IN4O2. The molecule has 178 valence electrons. The molecule has 1 saturated heterocycles. The minimum Gasteiger partial charge on any atom is -0.381 e. The summed E-state index contributed by atoms with van der Waals surface area (Å²) in [7, 11) is 1.83. The number of benzene rings is 1. The average Bonchev–Trinajstić information content (AvgIpc) is 2.76. The van der Waals surface area contributed by atoms with Crippen molar-refractivity contribution in [2.24, 2.45) is 10.9 Å². The first-order valence-corrected chi connectivity index (χ1v) is 11.5. The zero-order chi connectivity index (χ0) is 21.8. The van der Waals surface area contributed by atoms with Crippen molar-refractivity contribution in [2.75, 3.05) is 40.0 Å². The predicted octanol–water partition coefficient (Wildman–Crippen LogP) is 4.12. The third-order valence-corrected chi connectivity index (χ3v) is 5.94. The molecule has 2 unspecified atom stereocenters. The van der Waals surface area contributed by atoms with E-state index in [0.717, 1.165) is 58.1 Å². The molecule has 3 N–H and O–H groups in total. The van der Waals surface area contributed by atoms with Crippen LogP contribution >= 0.6 is 24.0 Å². The summed E-state index contributed by atoms with van der Waals surface area (Å²) in [6.45, 7) is 12.7. The summed E-state index contributed by atoms with van der Waals surface area (Å²) in [5.74, 6) is 1.35. The molecule has 1 aromatic rings. The van der Waals surface area contributed by atoms with Gasteiger partial charge < -0.3 is 25.4 Å². The molecule has 0 bridgehead atoms. The largest absolute Gasteiger partial charge is 0.381 e. The highest BCUT2D eigenvalue weighted by molar-refractivity contribution is 14.0. The lowest BCUT2D eigenvalue weighted by atomic mass is 9.88. The molecule has 1 aromatic carbocycles. The molecule has 0 aliphatic carbocycles. The van der Waals surface area contributed by atoms with Crippen molar-refractivity contribution in [1.29, 1.82) is 0 Å². The summed E-state index contributed by atoms with van der Waals surface area (Å²) >= 11 is 0. The molecule has 0 spiro atoms. The Morgan fingerprint density at radius 1 is 1.13 bits per heavy atom. The van der Waals surface area contributed by atoms with Crippen LogP contribution in [0.4, 0.5) is 0 Å². The SMILES string of the molecule is CCOC(CCNC(=NC)NCC1(NC(C)c2ccccc2)CCOCC1)C(C)C.I. The second-order valence-electron chi connectivity index (χ2n) is 8.55. The van der Waals surface area contributed by atoms with Crippen molar-refractivity contribution in [1.82, 2.24) is 16.0 Å². The molecule has 6 nitrogen and oxygen atoms in total. The fourth-order valence-corrected chi connectivity index (χ4v) is 4.05. The standard InChI is InChI=1S/C24H42N4O2.HI/c1-6-30-22(19(2)3)12-15-26-23(25-5)27-18-24(13-16-29-17-14-24)28-20(4)21-10-8-7-9-11-21;/h7-11,19-20,22,28H,6,12-18H2,1-5H3,(H2,25,26,27);1H. The minimum absolute atomic E-state index is 0. The lowest BCUT2D eigenvalue weighted by Gasteiger charge is -2.41. The highest BCUT2D eigenvalue weighted by atomic mass is 127. The van der Waals surface area contributed by atoms with Crippen molar-refractivity contribution >= 4 is 29.9 Å². The van der Waals surface area contributed by atoms with E-state index in [1.54, 1.807) is 0 Å². The smallest absolute Gasteiger partial charge is 0.191 e. The zero-order valence-electron chi connectivity index (χ0n) is 19.9. The Bertz CT molecular complexity index is 621. The third kappa shape index (κ3) is 9.63. The van der Waals surface area contributed by atoms with Gasteiger partial charge in [0.15, 0.2) is 5.96 Å². The normalized spacial score (nSPS) is 18.2. The zero-order valence-corrected chi connectivity index (χ0v) is 22.3. The van der Waals surface area contributed by atoms with Gasteiger partial charge in [0.05, 0.1) is 6.10 Å². The number of guanidine groups is 1. The van der Waals surface area contributed by atoms with Gasteiger partial charge in [-0.25, -0.2) is 0 Å². The van der Waals surface area contributed by atoms with E-state index in [9.17, 15) is 0 Å². The number of rotatable bonds is 11. The molecule has 1 aliphatic heterocycles. The summed E-state index contributed by atoms with van der Waals surface area (Å²) in [5.41, 5.74) is 1.29. The fourth-order valence-electron chi connectivity index (χ4n) is 4.05. The van der Waals surface area contributed by atoms with E-state index in [1.807, 2.05) is 7.05 Å². The van der Waals surface area contributed by atoms with Gasteiger partial charge in [-0.3, -0.25) is 4.99 Å². The maximum absolute atomic E-state index is 5.85. The lowest BCUT2D eigenvalue weighted by Crippen LogP contribution is -2.58. The van der Waals surface area contributed by atoms with Gasteiger partial charge in [0.25, 0.3) is 0 Å². The number of aliphatic imine (C=N–C) groups is 1. The van der Waals surface area contributed by atoms with Crippen LogP contribution in [0.15, 0.2) is 35.3 Å². The van der Waals surface area contributed by atoms with Crippen molar-refractivity contribution in [3.8, 4) is 0 Å². The molecule has 31 heavy (non-hydrogen) atoms. The van der Waals surface area contributed by atoms with E-state index in [-0.39, 0.29) is 41.7 Å². The van der Waals surface area contributed by atoms with Gasteiger partial charge in [0.1, 0.15) is 0 Å². The Morgan fingerprint density at radius 2 is 1.81 bits per heavy atom. The summed E-state index contributed by atoms with van der Waals surface area (Å²) in [5, 5.41) is 10.9. The topological polar surface area (TPSA) is 66.9 Å². The lowest BCUT2D eigenvalue weighted by molar-refractivity contribution is 0.0257. The minimum atomic E-state index is -0.0169. The molecule has 2 rings (SSSR count). The first kappa shape index (κ1) is 28.1. The Morgan fingerprint density at radius 3 is 2.39 bits per heavy atom. The van der Waals surface area contributed by atoms with E-state index in [0.29, 0.717) is 5.92 Å². The van der Waals surface area contributed by atoms with Gasteiger partial charge in [0, 0.05) is 51.5 Å². The van der Waals surface area contributed by atoms with Crippen molar-refractivity contribution < 1.29 is 9.47 Å². The Balaban J connectivity index is 0.00000480. The number of nitrogens with zero attached hydrogens (tertiary/aromatic N) is 1. The summed E-state index contributed by atoms with van der Waals surface area (Å²) in [6, 6.07) is 10.9. The maximum atomic E-state index is 5.85. The number of hydrogen-bond donors (Lipinski definition) is 3. The molecule has 1 aliphatic rings. The van der Waals surface area contributed by atoms with E-state index in [1.165, 1.54) is 5.56 Å². The number of nitrogens with one attached hydrogen (secondary N) is 3. The van der Waals surface area contributed by atoms with E-state index in [2.05, 4.69) is 79.0 Å².